The van der Waals surface area contributed by atoms with Gasteiger partial charge in [-0.05, 0) is 32.4 Å². The van der Waals surface area contributed by atoms with E-state index < -0.39 is 52.6 Å². The fourth-order valence-corrected chi connectivity index (χ4v) is 1.86. The predicted octanol–water partition coefficient (Wildman–Crippen LogP) is 2.37. The van der Waals surface area contributed by atoms with Gasteiger partial charge in [0.2, 0.25) is 0 Å². The molecule has 0 amide bonds. The number of carbonyl (C=O) groups is 2. The van der Waals surface area contributed by atoms with Crippen LogP contribution in [0.15, 0.2) is 12.1 Å². The smallest absolute Gasteiger partial charge is 0.348 e. The molecule has 0 aliphatic heterocycles. The first-order valence-electron chi connectivity index (χ1n) is 6.20. The first-order chi connectivity index (χ1) is 9.90. The van der Waals surface area contributed by atoms with Gasteiger partial charge in [-0.1, -0.05) is 6.07 Å². The van der Waals surface area contributed by atoms with Crippen molar-refractivity contribution in [1.29, 1.82) is 0 Å². The van der Waals surface area contributed by atoms with Gasteiger partial charge in [-0.15, -0.1) is 0 Å². The summed E-state index contributed by atoms with van der Waals surface area (Å²) in [6, 6.07) is 1.36. The fourth-order valence-electron chi connectivity index (χ4n) is 1.86. The highest BCUT2D eigenvalue weighted by atomic mass is 19.2. The lowest BCUT2D eigenvalue weighted by atomic mass is 9.92. The maximum absolute atomic E-state index is 13.7. The molecule has 0 heterocycles. The van der Waals surface area contributed by atoms with Crippen molar-refractivity contribution in [3.63, 3.8) is 0 Å². The number of halogens is 3. The summed E-state index contributed by atoms with van der Waals surface area (Å²) in [7, 11) is 0. The quantitative estimate of drug-likeness (QED) is 0.643. The van der Waals surface area contributed by atoms with E-state index in [9.17, 15) is 33.0 Å². The van der Waals surface area contributed by atoms with Gasteiger partial charge in [-0.25, -0.2) is 22.8 Å². The maximum atomic E-state index is 13.7. The third kappa shape index (κ3) is 3.56. The molecule has 0 spiro atoms. The Balaban J connectivity index is 3.39. The lowest BCUT2D eigenvalue weighted by Crippen LogP contribution is -2.54. The summed E-state index contributed by atoms with van der Waals surface area (Å²) in [6.45, 7) is 4.24. The van der Waals surface area contributed by atoms with Crippen LogP contribution in [0.25, 0.3) is 0 Å². The zero-order valence-corrected chi connectivity index (χ0v) is 12.1. The third-order valence-corrected chi connectivity index (χ3v) is 2.73. The first-order valence-corrected chi connectivity index (χ1v) is 6.20. The van der Waals surface area contributed by atoms with Gasteiger partial charge in [0.15, 0.2) is 17.5 Å². The van der Waals surface area contributed by atoms with E-state index in [1.165, 1.54) is 20.8 Å². The number of ether oxygens (including phenoxy) is 1. The second-order valence-corrected chi connectivity index (χ2v) is 5.66. The van der Waals surface area contributed by atoms with E-state index in [0.717, 1.165) is 6.07 Å². The van der Waals surface area contributed by atoms with E-state index in [-0.39, 0.29) is 0 Å². The molecule has 0 fully saturated rings. The van der Waals surface area contributed by atoms with Crippen molar-refractivity contribution in [3.05, 3.63) is 35.1 Å². The van der Waals surface area contributed by atoms with Crippen LogP contribution >= 0.6 is 0 Å². The van der Waals surface area contributed by atoms with Crippen LogP contribution in [0.1, 0.15) is 26.3 Å². The van der Waals surface area contributed by atoms with Gasteiger partial charge in [-0.2, -0.15) is 0 Å². The van der Waals surface area contributed by atoms with E-state index in [1.54, 1.807) is 0 Å². The van der Waals surface area contributed by atoms with Gasteiger partial charge < -0.3 is 14.9 Å². The molecule has 0 saturated carbocycles. The summed E-state index contributed by atoms with van der Waals surface area (Å²) in [5.74, 6) is -8.67. The molecule has 1 aromatic rings. The molecule has 0 aliphatic rings. The minimum Gasteiger partial charge on any atom is -0.479 e. The van der Waals surface area contributed by atoms with E-state index in [0.29, 0.717) is 6.07 Å². The van der Waals surface area contributed by atoms with Gasteiger partial charge in [0.25, 0.3) is 5.60 Å². The molecule has 0 aliphatic carbocycles. The van der Waals surface area contributed by atoms with Crippen LogP contribution in [0.4, 0.5) is 13.2 Å². The molecule has 22 heavy (non-hydrogen) atoms. The molecule has 8 heteroatoms. The van der Waals surface area contributed by atoms with Crippen LogP contribution in [0.3, 0.4) is 0 Å². The molecule has 1 aromatic carbocycles. The molecular weight excluding hydrogens is 305 g/mol. The summed E-state index contributed by atoms with van der Waals surface area (Å²) in [6.07, 6.45) is -1.00. The molecule has 1 rings (SSSR count). The second kappa shape index (κ2) is 5.96. The second-order valence-electron chi connectivity index (χ2n) is 5.66. The van der Waals surface area contributed by atoms with E-state index in [1.807, 2.05) is 0 Å². The molecule has 0 bridgehead atoms. The van der Waals surface area contributed by atoms with Crippen LogP contribution in [0.2, 0.25) is 0 Å². The Labute approximate surface area is 124 Å². The Morgan fingerprint density at radius 1 is 1.05 bits per heavy atom. The van der Waals surface area contributed by atoms with E-state index in [2.05, 4.69) is 0 Å². The zero-order valence-electron chi connectivity index (χ0n) is 12.1. The largest absolute Gasteiger partial charge is 0.479 e. The Hall–Kier alpha value is -2.09. The number of aliphatic carboxylic acids is 2. The summed E-state index contributed by atoms with van der Waals surface area (Å²) in [5, 5.41) is 18.5. The molecule has 0 atom stereocenters. The SMILES string of the molecule is CC(C)(C)OC(Cc1ccc(F)c(F)c1F)(C(=O)O)C(=O)O. The molecule has 0 unspecified atom stereocenters. The highest BCUT2D eigenvalue weighted by Gasteiger charge is 2.51. The monoisotopic (exact) mass is 320 g/mol. The summed E-state index contributed by atoms with van der Waals surface area (Å²) < 4.78 is 44.9. The number of rotatable bonds is 5. The minimum atomic E-state index is -2.83. The minimum absolute atomic E-state index is 0.583. The van der Waals surface area contributed by atoms with Gasteiger partial charge in [0.1, 0.15) is 0 Å². The molecule has 0 radical (unpaired) electrons. The summed E-state index contributed by atoms with van der Waals surface area (Å²) >= 11 is 0. The number of benzene rings is 1. The van der Waals surface area contributed by atoms with Crippen molar-refractivity contribution < 1.29 is 37.7 Å². The van der Waals surface area contributed by atoms with E-state index in [4.69, 9.17) is 4.74 Å². The van der Waals surface area contributed by atoms with Crippen LogP contribution in [0, 0.1) is 17.5 Å². The topological polar surface area (TPSA) is 83.8 Å². The number of hydrogen-bond acceptors (Lipinski definition) is 3. The highest BCUT2D eigenvalue weighted by Crippen LogP contribution is 2.28. The molecule has 2 N–H and O–H groups in total. The Morgan fingerprint density at radius 2 is 1.55 bits per heavy atom. The Kier molecular flexibility index (Phi) is 4.86. The summed E-state index contributed by atoms with van der Waals surface area (Å²) in [5.41, 5.74) is -4.64. The molecular formula is C14H15F3O5. The average Bonchev–Trinajstić information content (AvgIpc) is 2.36. The normalized spacial score (nSPS) is 12.3. The lowest BCUT2D eigenvalue weighted by Gasteiger charge is -2.33. The first kappa shape index (κ1) is 18.0. The third-order valence-electron chi connectivity index (χ3n) is 2.73. The Bertz CT molecular complexity index is 593. The van der Waals surface area contributed by atoms with E-state index >= 15 is 0 Å². The zero-order chi connectivity index (χ0) is 17.3. The molecule has 5 nitrogen and oxygen atoms in total. The predicted molar refractivity (Wildman–Crippen MR) is 68.9 cm³/mol. The maximum Gasteiger partial charge on any atom is 0.348 e. The van der Waals surface area contributed by atoms with Crippen molar-refractivity contribution >= 4 is 11.9 Å². The number of hydrogen-bond donors (Lipinski definition) is 2. The van der Waals surface area contributed by atoms with Gasteiger partial charge in [0.05, 0.1) is 5.60 Å². The van der Waals surface area contributed by atoms with Gasteiger partial charge >= 0.3 is 11.9 Å². The van der Waals surface area contributed by atoms with Crippen molar-refractivity contribution in [2.45, 2.75) is 38.4 Å². The molecule has 0 aromatic heterocycles. The van der Waals surface area contributed by atoms with Gasteiger partial charge in [0, 0.05) is 6.42 Å². The van der Waals surface area contributed by atoms with Gasteiger partial charge in [-0.3, -0.25) is 0 Å². The van der Waals surface area contributed by atoms with Crippen LogP contribution in [-0.4, -0.2) is 33.4 Å². The fraction of sp³-hybridized carbons (Fsp3) is 0.429. The van der Waals surface area contributed by atoms with Crippen molar-refractivity contribution in [2.75, 3.05) is 0 Å². The standard InChI is InChI=1S/C14H15F3O5/c1-13(2,3)22-14(11(18)19,12(20)21)6-7-4-5-8(15)10(17)9(7)16/h4-5H,6H2,1-3H3,(H,18,19)(H,20,21). The lowest BCUT2D eigenvalue weighted by molar-refractivity contribution is -0.199. The molecule has 0 saturated heterocycles. The highest BCUT2D eigenvalue weighted by molar-refractivity contribution is 6.02. The molecule has 122 valence electrons. The van der Waals surface area contributed by atoms with Crippen molar-refractivity contribution in [1.82, 2.24) is 0 Å². The number of carboxylic acid groups (broad SMARTS) is 2. The van der Waals surface area contributed by atoms with Crippen molar-refractivity contribution in [2.24, 2.45) is 0 Å². The Morgan fingerprint density at radius 3 is 1.95 bits per heavy atom. The van der Waals surface area contributed by atoms with Crippen LogP contribution in [-0.2, 0) is 20.7 Å². The van der Waals surface area contributed by atoms with Crippen LogP contribution in [0.5, 0.6) is 0 Å². The number of carboxylic acids is 2. The van der Waals surface area contributed by atoms with Crippen LogP contribution < -0.4 is 0 Å². The average molecular weight is 320 g/mol. The summed E-state index contributed by atoms with van der Waals surface area (Å²) in [4.78, 5) is 22.8. The van der Waals surface area contributed by atoms with Crippen molar-refractivity contribution in [3.8, 4) is 0 Å².